The Labute approximate surface area is 196 Å². The summed E-state index contributed by atoms with van der Waals surface area (Å²) in [6.45, 7) is 5.43. The number of aromatic nitrogens is 2. The second kappa shape index (κ2) is 8.97. The van der Waals surface area contributed by atoms with Crippen LogP contribution in [0.3, 0.4) is 0 Å². The van der Waals surface area contributed by atoms with E-state index in [9.17, 15) is 9.59 Å². The lowest BCUT2D eigenvalue weighted by Gasteiger charge is -2.31. The summed E-state index contributed by atoms with van der Waals surface area (Å²) in [5, 5.41) is 0.332. The summed E-state index contributed by atoms with van der Waals surface area (Å²) >= 11 is 1.52. The van der Waals surface area contributed by atoms with Crippen molar-refractivity contribution in [2.45, 2.75) is 37.8 Å². The SMILES string of the molecule is COc1cc2[nH]cc(C(=O)[C@@H]3CSC(c4cccnc4)N3C(=O)OC(C)(C)C)c2cc1OC. The smallest absolute Gasteiger partial charge is 0.412 e. The molecule has 3 aromatic rings. The Morgan fingerprint density at radius 1 is 1.18 bits per heavy atom. The first-order valence-electron chi connectivity index (χ1n) is 10.5. The first-order chi connectivity index (χ1) is 15.7. The van der Waals surface area contributed by atoms with Gasteiger partial charge in [-0.05, 0) is 32.9 Å². The van der Waals surface area contributed by atoms with Gasteiger partial charge in [0.15, 0.2) is 17.3 Å². The van der Waals surface area contributed by atoms with Crippen LogP contribution in [0.25, 0.3) is 10.9 Å². The minimum absolute atomic E-state index is 0.168. The van der Waals surface area contributed by atoms with Crippen LogP contribution in [0, 0.1) is 0 Å². The van der Waals surface area contributed by atoms with E-state index < -0.39 is 17.7 Å². The maximum Gasteiger partial charge on any atom is 0.412 e. The predicted octanol–water partition coefficient (Wildman–Crippen LogP) is 4.81. The Balaban J connectivity index is 1.73. The van der Waals surface area contributed by atoms with Gasteiger partial charge in [-0.2, -0.15) is 0 Å². The molecule has 0 saturated carbocycles. The van der Waals surface area contributed by atoms with Crippen LogP contribution in [0.4, 0.5) is 4.79 Å². The van der Waals surface area contributed by atoms with Crippen molar-refractivity contribution in [1.29, 1.82) is 0 Å². The molecule has 0 aliphatic carbocycles. The summed E-state index contributed by atoms with van der Waals surface area (Å²) < 4.78 is 16.5. The molecule has 33 heavy (non-hydrogen) atoms. The molecule has 1 aliphatic rings. The van der Waals surface area contributed by atoms with Crippen LogP contribution in [0.2, 0.25) is 0 Å². The van der Waals surface area contributed by atoms with Crippen LogP contribution in [0.1, 0.15) is 42.1 Å². The molecule has 2 atom stereocenters. The fourth-order valence-corrected chi connectivity index (χ4v) is 5.26. The van der Waals surface area contributed by atoms with Gasteiger partial charge in [0.05, 0.1) is 19.7 Å². The summed E-state index contributed by atoms with van der Waals surface area (Å²) in [6.07, 6.45) is 4.53. The number of nitrogens with zero attached hydrogens (tertiary/aromatic N) is 2. The first kappa shape index (κ1) is 23.0. The van der Waals surface area contributed by atoms with Gasteiger partial charge in [0.2, 0.25) is 0 Å². The standard InChI is InChI=1S/C24H27N3O5S/c1-24(2,3)32-23(29)27-18(13-33-22(27)14-7-6-8-25-11-14)21(28)16-12-26-17-10-20(31-5)19(30-4)9-15(16)17/h6-12,18,22,26H,13H2,1-5H3/t18-,22?/m0/s1. The predicted molar refractivity (Wildman–Crippen MR) is 127 cm³/mol. The van der Waals surface area contributed by atoms with Gasteiger partial charge >= 0.3 is 6.09 Å². The van der Waals surface area contributed by atoms with Crippen molar-refractivity contribution in [1.82, 2.24) is 14.9 Å². The number of hydrogen-bond donors (Lipinski definition) is 1. The average molecular weight is 470 g/mol. The number of nitrogens with one attached hydrogen (secondary N) is 1. The normalized spacial score (nSPS) is 18.4. The Morgan fingerprint density at radius 3 is 2.55 bits per heavy atom. The second-order valence-corrected chi connectivity index (χ2v) is 9.81. The van der Waals surface area contributed by atoms with Gasteiger partial charge < -0.3 is 19.2 Å². The van der Waals surface area contributed by atoms with Crippen molar-refractivity contribution in [3.8, 4) is 11.5 Å². The molecule has 1 fully saturated rings. The molecule has 0 radical (unpaired) electrons. The van der Waals surface area contributed by atoms with E-state index in [0.717, 1.165) is 11.1 Å². The van der Waals surface area contributed by atoms with E-state index in [1.807, 2.05) is 32.9 Å². The number of thioether (sulfide) groups is 1. The van der Waals surface area contributed by atoms with Gasteiger partial charge in [0.1, 0.15) is 17.0 Å². The molecule has 2 aromatic heterocycles. The van der Waals surface area contributed by atoms with Crippen LogP contribution >= 0.6 is 11.8 Å². The highest BCUT2D eigenvalue weighted by Crippen LogP contribution is 2.43. The van der Waals surface area contributed by atoms with E-state index in [1.54, 1.807) is 44.9 Å². The van der Waals surface area contributed by atoms with E-state index in [2.05, 4.69) is 9.97 Å². The van der Waals surface area contributed by atoms with Crippen molar-refractivity contribution in [3.05, 3.63) is 54.0 Å². The largest absolute Gasteiger partial charge is 0.493 e. The van der Waals surface area contributed by atoms with Crippen molar-refractivity contribution >= 4 is 34.5 Å². The van der Waals surface area contributed by atoms with Gasteiger partial charge in [0, 0.05) is 46.9 Å². The molecule has 3 heterocycles. The monoisotopic (exact) mass is 469 g/mol. The molecule has 1 aromatic carbocycles. The number of benzene rings is 1. The molecule has 1 N–H and O–H groups in total. The number of carbonyl (C=O) groups excluding carboxylic acids is 2. The fourth-order valence-electron chi connectivity index (χ4n) is 3.86. The number of ketones is 1. The van der Waals surface area contributed by atoms with Crippen molar-refractivity contribution in [3.63, 3.8) is 0 Å². The van der Waals surface area contributed by atoms with Crippen LogP contribution in [0.15, 0.2) is 42.9 Å². The Bertz CT molecular complexity index is 1170. The lowest BCUT2D eigenvalue weighted by Crippen LogP contribution is -2.45. The first-order valence-corrected chi connectivity index (χ1v) is 11.6. The molecule has 0 spiro atoms. The van der Waals surface area contributed by atoms with Crippen molar-refractivity contribution in [2.24, 2.45) is 0 Å². The van der Waals surface area contributed by atoms with Gasteiger partial charge in [0.25, 0.3) is 0 Å². The van der Waals surface area contributed by atoms with Gasteiger partial charge in [-0.15, -0.1) is 11.8 Å². The topological polar surface area (TPSA) is 93.8 Å². The number of methoxy groups -OCH3 is 2. The van der Waals surface area contributed by atoms with E-state index in [0.29, 0.717) is 28.2 Å². The van der Waals surface area contributed by atoms with Crippen LogP contribution in [-0.4, -0.2) is 58.4 Å². The molecule has 9 heteroatoms. The van der Waals surface area contributed by atoms with Crippen molar-refractivity contribution in [2.75, 3.05) is 20.0 Å². The number of ether oxygens (including phenoxy) is 3. The zero-order valence-corrected chi connectivity index (χ0v) is 20.1. The highest BCUT2D eigenvalue weighted by atomic mass is 32.2. The number of hydrogen-bond acceptors (Lipinski definition) is 7. The van der Waals surface area contributed by atoms with Gasteiger partial charge in [-0.3, -0.25) is 14.7 Å². The lowest BCUT2D eigenvalue weighted by atomic mass is 10.0. The molecular weight excluding hydrogens is 442 g/mol. The number of pyridine rings is 1. The minimum Gasteiger partial charge on any atom is -0.493 e. The molecule has 1 saturated heterocycles. The summed E-state index contributed by atoms with van der Waals surface area (Å²) in [7, 11) is 3.11. The van der Waals surface area contributed by atoms with E-state index in [-0.39, 0.29) is 11.2 Å². The summed E-state index contributed by atoms with van der Waals surface area (Å²) in [6, 6.07) is 6.59. The maximum atomic E-state index is 13.8. The Kier molecular flexibility index (Phi) is 6.25. The van der Waals surface area contributed by atoms with Gasteiger partial charge in [-0.1, -0.05) is 6.07 Å². The average Bonchev–Trinajstić information content (AvgIpc) is 3.41. The quantitative estimate of drug-likeness (QED) is 0.536. The number of fused-ring (bicyclic) bond motifs is 1. The van der Waals surface area contributed by atoms with E-state index in [4.69, 9.17) is 14.2 Å². The van der Waals surface area contributed by atoms with E-state index in [1.165, 1.54) is 16.7 Å². The van der Waals surface area contributed by atoms with Crippen molar-refractivity contribution < 1.29 is 23.8 Å². The number of aromatic amines is 1. The summed E-state index contributed by atoms with van der Waals surface area (Å²) in [5.74, 6) is 1.36. The molecule has 174 valence electrons. The zero-order chi connectivity index (χ0) is 23.8. The minimum atomic E-state index is -0.692. The molecule has 1 unspecified atom stereocenters. The third-order valence-corrected chi connectivity index (χ3v) is 6.65. The van der Waals surface area contributed by atoms with Gasteiger partial charge in [-0.25, -0.2) is 4.79 Å². The summed E-state index contributed by atoms with van der Waals surface area (Å²) in [4.78, 5) is 35.9. The molecule has 4 rings (SSSR count). The Morgan fingerprint density at radius 2 is 1.91 bits per heavy atom. The Hall–Kier alpha value is -3.20. The number of rotatable bonds is 5. The van der Waals surface area contributed by atoms with Crippen LogP contribution in [0.5, 0.6) is 11.5 Å². The lowest BCUT2D eigenvalue weighted by molar-refractivity contribution is 0.0173. The number of amides is 1. The summed E-state index contributed by atoms with van der Waals surface area (Å²) in [5.41, 5.74) is 1.38. The fraction of sp³-hybridized carbons (Fsp3) is 0.375. The third-order valence-electron chi connectivity index (χ3n) is 5.33. The zero-order valence-electron chi connectivity index (χ0n) is 19.2. The van der Waals surface area contributed by atoms with Crippen LogP contribution in [-0.2, 0) is 4.74 Å². The van der Waals surface area contributed by atoms with E-state index >= 15 is 0 Å². The highest BCUT2D eigenvalue weighted by Gasteiger charge is 2.45. The highest BCUT2D eigenvalue weighted by molar-refractivity contribution is 7.99. The second-order valence-electron chi connectivity index (χ2n) is 8.69. The maximum absolute atomic E-state index is 13.8. The number of carbonyl (C=O) groups is 2. The number of Topliss-reactive ketones (excluding diaryl/α,β-unsaturated/α-hetero) is 1. The molecular formula is C24H27N3O5S. The van der Waals surface area contributed by atoms with Crippen LogP contribution < -0.4 is 9.47 Å². The molecule has 8 nitrogen and oxygen atoms in total. The third kappa shape index (κ3) is 4.50. The molecule has 1 aliphatic heterocycles. The number of H-pyrrole nitrogens is 1. The molecule has 0 bridgehead atoms. The molecule has 1 amide bonds.